The van der Waals surface area contributed by atoms with Crippen LogP contribution in [0.3, 0.4) is 0 Å². The molecule has 0 bridgehead atoms. The zero-order valence-electron chi connectivity index (χ0n) is 15.9. The summed E-state index contributed by atoms with van der Waals surface area (Å²) < 4.78 is 42.7. The van der Waals surface area contributed by atoms with Gasteiger partial charge in [-0.05, 0) is 43.6 Å². The summed E-state index contributed by atoms with van der Waals surface area (Å²) in [4.78, 5) is 15.5. The first kappa shape index (κ1) is 19.0. The predicted octanol–water partition coefficient (Wildman–Crippen LogP) is 5.07. The first-order valence-corrected chi connectivity index (χ1v) is 11.1. The molecule has 2 fully saturated rings. The van der Waals surface area contributed by atoms with Gasteiger partial charge in [-0.25, -0.2) is 4.68 Å². The Morgan fingerprint density at radius 1 is 1.24 bits per heavy atom. The zero-order valence-corrected chi connectivity index (χ0v) is 16.7. The van der Waals surface area contributed by atoms with Crippen LogP contribution in [-0.2, 0) is 4.79 Å². The van der Waals surface area contributed by atoms with E-state index in [4.69, 9.17) is 0 Å². The van der Waals surface area contributed by atoms with Crippen LogP contribution in [0, 0.1) is 5.92 Å². The summed E-state index contributed by atoms with van der Waals surface area (Å²) in [6.45, 7) is 0.663. The minimum Gasteiger partial charge on any atom is -0.363 e. The Balaban J connectivity index is 1.48. The van der Waals surface area contributed by atoms with Gasteiger partial charge in [0.1, 0.15) is 5.82 Å². The SMILES string of the molecule is O=C(C1CC1)N1CCCCC1c1cc2n(n1)[C@@H](C(F)(F)F)C[C@@H](c1cccs1)N2. The number of hydrogen-bond donors (Lipinski definition) is 1. The molecular weight excluding hydrogens is 401 g/mol. The van der Waals surface area contributed by atoms with Gasteiger partial charge in [-0.15, -0.1) is 11.3 Å². The van der Waals surface area contributed by atoms with Crippen molar-refractivity contribution < 1.29 is 18.0 Å². The molecule has 1 aliphatic carbocycles. The number of rotatable bonds is 3. The number of alkyl halides is 3. The Labute approximate surface area is 170 Å². The van der Waals surface area contributed by atoms with E-state index in [1.807, 2.05) is 22.4 Å². The smallest absolute Gasteiger partial charge is 0.363 e. The van der Waals surface area contributed by atoms with Gasteiger partial charge >= 0.3 is 6.18 Å². The van der Waals surface area contributed by atoms with Crippen molar-refractivity contribution in [3.63, 3.8) is 0 Å². The number of nitrogens with zero attached hydrogens (tertiary/aromatic N) is 3. The number of piperidine rings is 1. The van der Waals surface area contributed by atoms with Crippen LogP contribution in [0.1, 0.15) is 67.2 Å². The molecule has 0 radical (unpaired) electrons. The van der Waals surface area contributed by atoms with Gasteiger partial charge in [-0.3, -0.25) is 4.79 Å². The molecule has 29 heavy (non-hydrogen) atoms. The maximum atomic E-state index is 13.9. The number of carbonyl (C=O) groups excluding carboxylic acids is 1. The largest absolute Gasteiger partial charge is 0.410 e. The number of aromatic nitrogens is 2. The van der Waals surface area contributed by atoms with Crippen LogP contribution in [0.5, 0.6) is 0 Å². The van der Waals surface area contributed by atoms with Crippen molar-refractivity contribution in [2.45, 2.75) is 62.8 Å². The molecule has 1 saturated heterocycles. The minimum absolute atomic E-state index is 0.0898. The van der Waals surface area contributed by atoms with Crippen LogP contribution in [0.15, 0.2) is 23.6 Å². The molecular formula is C20H23F3N4OS. The topological polar surface area (TPSA) is 50.2 Å². The molecule has 5 rings (SSSR count). The molecule has 4 heterocycles. The maximum absolute atomic E-state index is 13.9. The number of likely N-dealkylation sites (tertiary alicyclic amines) is 1. The number of hydrogen-bond acceptors (Lipinski definition) is 4. The molecule has 0 aromatic carbocycles. The molecule has 0 spiro atoms. The van der Waals surface area contributed by atoms with E-state index in [1.54, 1.807) is 6.07 Å². The van der Waals surface area contributed by atoms with Crippen LogP contribution in [0.2, 0.25) is 0 Å². The molecule has 3 aliphatic rings. The Morgan fingerprint density at radius 3 is 2.76 bits per heavy atom. The average Bonchev–Trinajstić information content (AvgIpc) is 3.23. The van der Waals surface area contributed by atoms with E-state index in [2.05, 4.69) is 10.4 Å². The highest BCUT2D eigenvalue weighted by Crippen LogP contribution is 2.46. The van der Waals surface area contributed by atoms with E-state index < -0.39 is 18.3 Å². The van der Waals surface area contributed by atoms with Crippen molar-refractivity contribution in [3.05, 3.63) is 34.2 Å². The van der Waals surface area contributed by atoms with Gasteiger partial charge in [0, 0.05) is 29.8 Å². The molecule has 2 aromatic rings. The number of nitrogens with one attached hydrogen (secondary N) is 1. The van der Waals surface area contributed by atoms with E-state index >= 15 is 0 Å². The second kappa shape index (κ2) is 7.04. The van der Waals surface area contributed by atoms with Crippen molar-refractivity contribution >= 4 is 23.1 Å². The third-order valence-corrected chi connectivity index (χ3v) is 7.14. The molecule has 1 N–H and O–H groups in total. The third kappa shape index (κ3) is 3.53. The second-order valence-electron chi connectivity index (χ2n) is 8.22. The fourth-order valence-electron chi connectivity index (χ4n) is 4.50. The highest BCUT2D eigenvalue weighted by atomic mass is 32.1. The second-order valence-corrected chi connectivity index (χ2v) is 9.20. The molecule has 3 atom stereocenters. The van der Waals surface area contributed by atoms with Crippen LogP contribution < -0.4 is 5.32 Å². The fourth-order valence-corrected chi connectivity index (χ4v) is 5.29. The maximum Gasteiger partial charge on any atom is 0.410 e. The molecule has 2 aromatic heterocycles. The molecule has 1 unspecified atom stereocenters. The normalized spacial score (nSPS) is 27.4. The summed E-state index contributed by atoms with van der Waals surface area (Å²) in [6.07, 6.45) is 0.00471. The van der Waals surface area contributed by atoms with Crippen molar-refractivity contribution in [3.8, 4) is 0 Å². The molecule has 2 aliphatic heterocycles. The van der Waals surface area contributed by atoms with Crippen molar-refractivity contribution in [2.75, 3.05) is 11.9 Å². The van der Waals surface area contributed by atoms with E-state index in [9.17, 15) is 18.0 Å². The summed E-state index contributed by atoms with van der Waals surface area (Å²) in [5.74, 6) is 0.617. The lowest BCUT2D eigenvalue weighted by Gasteiger charge is -2.35. The Hall–Kier alpha value is -2.03. The summed E-state index contributed by atoms with van der Waals surface area (Å²) in [7, 11) is 0. The van der Waals surface area contributed by atoms with Gasteiger partial charge in [-0.2, -0.15) is 18.3 Å². The lowest BCUT2D eigenvalue weighted by Crippen LogP contribution is -2.39. The summed E-state index contributed by atoms with van der Waals surface area (Å²) >= 11 is 1.45. The highest BCUT2D eigenvalue weighted by Gasteiger charge is 2.47. The van der Waals surface area contributed by atoms with E-state index in [1.165, 1.54) is 11.3 Å². The Kier molecular flexibility index (Phi) is 4.60. The van der Waals surface area contributed by atoms with Crippen molar-refractivity contribution in [1.82, 2.24) is 14.7 Å². The van der Waals surface area contributed by atoms with Crippen LogP contribution >= 0.6 is 11.3 Å². The Morgan fingerprint density at radius 2 is 2.07 bits per heavy atom. The molecule has 1 saturated carbocycles. The molecule has 1 amide bonds. The lowest BCUT2D eigenvalue weighted by molar-refractivity contribution is -0.173. The van der Waals surface area contributed by atoms with Crippen molar-refractivity contribution in [2.24, 2.45) is 5.92 Å². The molecule has 5 nitrogen and oxygen atoms in total. The first-order valence-electron chi connectivity index (χ1n) is 10.2. The Bertz CT molecular complexity index is 890. The summed E-state index contributed by atoms with van der Waals surface area (Å²) in [5.41, 5.74) is 0.572. The number of amides is 1. The molecule has 156 valence electrons. The van der Waals surface area contributed by atoms with Crippen LogP contribution in [0.25, 0.3) is 0 Å². The van der Waals surface area contributed by atoms with Gasteiger partial charge in [0.15, 0.2) is 6.04 Å². The van der Waals surface area contributed by atoms with E-state index in [-0.39, 0.29) is 24.3 Å². The number of thiophene rings is 1. The standard InChI is InChI=1S/C20H23F3N4OS/c21-20(22,23)17-10-14(16-5-3-9-29-16)24-18-11-13(25-27(17)18)15-4-1-2-8-26(15)19(28)12-6-7-12/h3,5,9,11-12,14-15,17,24H,1-2,4,6-8,10H2/t14-,15?,17+/m0/s1. The van der Waals surface area contributed by atoms with E-state index in [0.717, 1.165) is 41.7 Å². The average molecular weight is 424 g/mol. The quantitative estimate of drug-likeness (QED) is 0.749. The van der Waals surface area contributed by atoms with E-state index in [0.29, 0.717) is 18.1 Å². The predicted molar refractivity (Wildman–Crippen MR) is 104 cm³/mol. The number of halogens is 3. The third-order valence-electron chi connectivity index (χ3n) is 6.15. The van der Waals surface area contributed by atoms with Crippen LogP contribution in [0.4, 0.5) is 19.0 Å². The van der Waals surface area contributed by atoms with Crippen LogP contribution in [-0.4, -0.2) is 33.3 Å². The fraction of sp³-hybridized carbons (Fsp3) is 0.600. The van der Waals surface area contributed by atoms with Gasteiger partial charge in [-0.1, -0.05) is 6.07 Å². The van der Waals surface area contributed by atoms with Gasteiger partial charge < -0.3 is 10.2 Å². The van der Waals surface area contributed by atoms with Gasteiger partial charge in [0.2, 0.25) is 5.91 Å². The monoisotopic (exact) mass is 424 g/mol. The van der Waals surface area contributed by atoms with Gasteiger partial charge in [0.05, 0.1) is 17.8 Å². The number of anilines is 1. The highest BCUT2D eigenvalue weighted by molar-refractivity contribution is 7.10. The zero-order chi connectivity index (χ0) is 20.2. The van der Waals surface area contributed by atoms with Gasteiger partial charge in [0.25, 0.3) is 0 Å². The first-order chi connectivity index (χ1) is 13.9. The number of fused-ring (bicyclic) bond motifs is 1. The lowest BCUT2D eigenvalue weighted by atomic mass is 9.98. The summed E-state index contributed by atoms with van der Waals surface area (Å²) in [6, 6.07) is 3.14. The van der Waals surface area contributed by atoms with Crippen molar-refractivity contribution in [1.29, 1.82) is 0 Å². The summed E-state index contributed by atoms with van der Waals surface area (Å²) in [5, 5.41) is 9.52. The number of carbonyl (C=O) groups is 1. The minimum atomic E-state index is -4.38. The molecule has 9 heteroatoms.